The molecule has 0 fully saturated rings. The molecule has 0 radical (unpaired) electrons. The lowest BCUT2D eigenvalue weighted by atomic mass is 10.0. The van der Waals surface area contributed by atoms with Crippen LogP contribution in [0.5, 0.6) is 0 Å². The van der Waals surface area contributed by atoms with Crippen molar-refractivity contribution in [2.75, 3.05) is 0 Å². The molecule has 0 aliphatic heterocycles. The van der Waals surface area contributed by atoms with Crippen LogP contribution >= 0.6 is 34.8 Å². The summed E-state index contributed by atoms with van der Waals surface area (Å²) in [5.41, 5.74) is 11.1. The lowest BCUT2D eigenvalue weighted by Crippen LogP contribution is -2.50. The number of rotatable bonds is 0. The van der Waals surface area contributed by atoms with E-state index in [1.807, 2.05) is 0 Å². The summed E-state index contributed by atoms with van der Waals surface area (Å²) >= 11 is 17.1. The van der Waals surface area contributed by atoms with Crippen LogP contribution in [0, 0.1) is 0 Å². The van der Waals surface area contributed by atoms with Crippen LogP contribution in [-0.4, -0.2) is 11.0 Å². The van der Waals surface area contributed by atoms with Crippen molar-refractivity contribution in [3.05, 3.63) is 22.2 Å². The second kappa shape index (κ2) is 2.96. The average Bonchev–Trinajstić information content (AvgIpc) is 1.81. The van der Waals surface area contributed by atoms with E-state index >= 15 is 0 Å². The number of hydrogen-bond acceptors (Lipinski definition) is 2. The van der Waals surface area contributed by atoms with Crippen molar-refractivity contribution in [1.29, 1.82) is 0 Å². The number of halogens is 3. The monoisotopic (exact) mass is 212 g/mol. The van der Waals surface area contributed by atoms with Gasteiger partial charge in [0, 0.05) is 10.1 Å². The molecule has 0 amide bonds. The van der Waals surface area contributed by atoms with Gasteiger partial charge in [-0.15, -0.1) is 0 Å². The largest absolute Gasteiger partial charge is 0.320 e. The van der Waals surface area contributed by atoms with E-state index in [2.05, 4.69) is 0 Å². The lowest BCUT2D eigenvalue weighted by Gasteiger charge is -2.28. The molecular formula is C6H7Cl3N2. The van der Waals surface area contributed by atoms with Crippen LogP contribution in [0.25, 0.3) is 0 Å². The van der Waals surface area contributed by atoms with Crippen molar-refractivity contribution >= 4 is 34.8 Å². The Bertz CT molecular complexity index is 232. The molecule has 2 unspecified atom stereocenters. The fraction of sp³-hybridized carbons (Fsp3) is 0.333. The molecule has 0 saturated heterocycles. The minimum Gasteiger partial charge on any atom is -0.320 e. The first-order valence-corrected chi connectivity index (χ1v) is 4.05. The Morgan fingerprint density at radius 1 is 1.45 bits per heavy atom. The zero-order valence-corrected chi connectivity index (χ0v) is 7.79. The average molecular weight is 213 g/mol. The van der Waals surface area contributed by atoms with Crippen LogP contribution in [0.15, 0.2) is 22.2 Å². The summed E-state index contributed by atoms with van der Waals surface area (Å²) in [6, 6.07) is -0.590. The maximum absolute atomic E-state index is 5.78. The van der Waals surface area contributed by atoms with Crippen molar-refractivity contribution in [3.63, 3.8) is 0 Å². The van der Waals surface area contributed by atoms with Crippen molar-refractivity contribution in [1.82, 2.24) is 0 Å². The second-order valence-electron chi connectivity index (χ2n) is 2.36. The van der Waals surface area contributed by atoms with Gasteiger partial charge in [0.1, 0.15) is 5.00 Å². The van der Waals surface area contributed by atoms with E-state index in [4.69, 9.17) is 46.3 Å². The Labute approximate surface area is 79.8 Å². The molecule has 2 nitrogen and oxygen atoms in total. The standard InChI is InChI=1S/C6H7Cl3N2/c7-3-1-4(8)5(10)6(9,11)2-3/h1-2,5H,10-11H2. The molecule has 0 spiro atoms. The highest BCUT2D eigenvalue weighted by atomic mass is 35.5. The molecule has 2 atom stereocenters. The fourth-order valence-corrected chi connectivity index (χ4v) is 1.77. The minimum absolute atomic E-state index is 0.370. The quantitative estimate of drug-likeness (QED) is 0.473. The summed E-state index contributed by atoms with van der Waals surface area (Å²) in [7, 11) is 0. The van der Waals surface area contributed by atoms with Crippen LogP contribution in [0.3, 0.4) is 0 Å². The molecule has 11 heavy (non-hydrogen) atoms. The summed E-state index contributed by atoms with van der Waals surface area (Å²) in [6.45, 7) is 0. The minimum atomic E-state index is -1.16. The van der Waals surface area contributed by atoms with E-state index in [1.54, 1.807) is 0 Å². The van der Waals surface area contributed by atoms with Gasteiger partial charge in [-0.2, -0.15) is 0 Å². The summed E-state index contributed by atoms with van der Waals surface area (Å²) in [5, 5.41) is 0.782. The fourth-order valence-electron chi connectivity index (χ4n) is 0.776. The SMILES string of the molecule is NC1C(Cl)=CC(Cl)=CC1(N)Cl. The van der Waals surface area contributed by atoms with Crippen molar-refractivity contribution in [2.45, 2.75) is 11.0 Å². The van der Waals surface area contributed by atoms with Gasteiger partial charge in [-0.05, 0) is 12.2 Å². The topological polar surface area (TPSA) is 52.0 Å². The Kier molecular flexibility index (Phi) is 2.52. The second-order valence-corrected chi connectivity index (χ2v) is 3.89. The van der Waals surface area contributed by atoms with Gasteiger partial charge in [-0.1, -0.05) is 34.8 Å². The molecule has 1 aliphatic rings. The normalized spacial score (nSPS) is 38.1. The number of nitrogens with two attached hydrogens (primary N) is 2. The molecule has 0 bridgehead atoms. The Morgan fingerprint density at radius 2 is 2.00 bits per heavy atom. The van der Waals surface area contributed by atoms with E-state index in [1.165, 1.54) is 12.2 Å². The Balaban J connectivity index is 3.01. The smallest absolute Gasteiger partial charge is 0.132 e. The highest BCUT2D eigenvalue weighted by Crippen LogP contribution is 2.30. The first kappa shape index (κ1) is 9.36. The number of hydrogen-bond donors (Lipinski definition) is 2. The number of alkyl halides is 1. The summed E-state index contributed by atoms with van der Waals surface area (Å²) in [4.78, 5) is -1.16. The summed E-state index contributed by atoms with van der Waals surface area (Å²) in [5.74, 6) is 0. The van der Waals surface area contributed by atoms with Crippen LogP contribution in [0.2, 0.25) is 0 Å². The van der Waals surface area contributed by atoms with E-state index in [-0.39, 0.29) is 0 Å². The van der Waals surface area contributed by atoms with E-state index in [9.17, 15) is 0 Å². The molecule has 0 aromatic rings. The molecular weight excluding hydrogens is 206 g/mol. The zero-order chi connectivity index (χ0) is 8.65. The zero-order valence-electron chi connectivity index (χ0n) is 5.52. The molecule has 0 saturated carbocycles. The van der Waals surface area contributed by atoms with Crippen molar-refractivity contribution in [3.8, 4) is 0 Å². The van der Waals surface area contributed by atoms with Crippen molar-refractivity contribution < 1.29 is 0 Å². The van der Waals surface area contributed by atoms with Gasteiger partial charge in [0.25, 0.3) is 0 Å². The predicted molar refractivity (Wildman–Crippen MR) is 48.6 cm³/mol. The summed E-state index contributed by atoms with van der Waals surface area (Å²) < 4.78 is 0. The highest BCUT2D eigenvalue weighted by Gasteiger charge is 2.33. The van der Waals surface area contributed by atoms with Gasteiger partial charge in [0.15, 0.2) is 0 Å². The lowest BCUT2D eigenvalue weighted by molar-refractivity contribution is 0.625. The maximum Gasteiger partial charge on any atom is 0.132 e. The van der Waals surface area contributed by atoms with Gasteiger partial charge in [-0.3, -0.25) is 0 Å². The molecule has 62 valence electrons. The Morgan fingerprint density at radius 3 is 2.45 bits per heavy atom. The van der Waals surface area contributed by atoms with Gasteiger partial charge in [0.2, 0.25) is 0 Å². The highest BCUT2D eigenvalue weighted by molar-refractivity contribution is 6.38. The maximum atomic E-state index is 5.78. The van der Waals surface area contributed by atoms with Gasteiger partial charge in [0.05, 0.1) is 6.04 Å². The third-order valence-electron chi connectivity index (χ3n) is 1.41. The molecule has 1 aliphatic carbocycles. The van der Waals surface area contributed by atoms with E-state index < -0.39 is 11.0 Å². The van der Waals surface area contributed by atoms with Crippen LogP contribution < -0.4 is 11.5 Å². The molecule has 4 N–H and O–H groups in total. The van der Waals surface area contributed by atoms with Crippen LogP contribution in [0.1, 0.15) is 0 Å². The number of allylic oxidation sites excluding steroid dienone is 2. The van der Waals surface area contributed by atoms with Crippen LogP contribution in [-0.2, 0) is 0 Å². The first-order valence-electron chi connectivity index (χ1n) is 2.92. The molecule has 0 aromatic heterocycles. The van der Waals surface area contributed by atoms with Crippen LogP contribution in [0.4, 0.5) is 0 Å². The Hall–Kier alpha value is 0.270. The van der Waals surface area contributed by atoms with Gasteiger partial charge < -0.3 is 11.5 Å². The molecule has 0 aromatic carbocycles. The molecule has 0 heterocycles. The van der Waals surface area contributed by atoms with Gasteiger partial charge >= 0.3 is 0 Å². The van der Waals surface area contributed by atoms with Crippen molar-refractivity contribution in [2.24, 2.45) is 11.5 Å². The van der Waals surface area contributed by atoms with Gasteiger partial charge in [-0.25, -0.2) is 0 Å². The third-order valence-corrected chi connectivity index (χ3v) is 2.32. The third kappa shape index (κ3) is 1.89. The van der Waals surface area contributed by atoms with E-state index in [0.717, 1.165) is 0 Å². The van der Waals surface area contributed by atoms with E-state index in [0.29, 0.717) is 10.1 Å². The molecule has 5 heteroatoms. The molecule has 1 rings (SSSR count). The predicted octanol–water partition coefficient (Wildman–Crippen LogP) is 1.47. The first-order chi connectivity index (χ1) is 4.93. The summed E-state index contributed by atoms with van der Waals surface area (Å²) in [6.07, 6.45) is 2.99.